The molecule has 3 N–H and O–H groups in total. The van der Waals surface area contributed by atoms with Gasteiger partial charge in [-0.25, -0.2) is 0 Å². The van der Waals surface area contributed by atoms with Crippen LogP contribution in [-0.2, 0) is 4.79 Å². The summed E-state index contributed by atoms with van der Waals surface area (Å²) < 4.78 is 0. The van der Waals surface area contributed by atoms with Gasteiger partial charge in [0.2, 0.25) is 0 Å². The number of aliphatic hydroxyl groups excluding tert-OH is 1. The lowest BCUT2D eigenvalue weighted by atomic mass is 9.89. The Kier molecular flexibility index (Phi) is 5.05. The first kappa shape index (κ1) is 12.5. The molecule has 1 fully saturated rings. The van der Waals surface area contributed by atoms with Crippen molar-refractivity contribution in [3.05, 3.63) is 0 Å². The van der Waals surface area contributed by atoms with E-state index in [2.05, 4.69) is 0 Å². The lowest BCUT2D eigenvalue weighted by Crippen LogP contribution is -2.42. The minimum Gasteiger partial charge on any atom is -0.382 e. The Labute approximate surface area is 91.4 Å². The van der Waals surface area contributed by atoms with Gasteiger partial charge < -0.3 is 15.7 Å². The van der Waals surface area contributed by atoms with E-state index in [0.29, 0.717) is 5.92 Å². The van der Waals surface area contributed by atoms with Crippen LogP contribution in [0.1, 0.15) is 32.1 Å². The summed E-state index contributed by atoms with van der Waals surface area (Å²) in [5.41, 5.74) is 5.25. The van der Waals surface area contributed by atoms with Gasteiger partial charge in [0.1, 0.15) is 6.10 Å². The molecule has 0 saturated heterocycles. The van der Waals surface area contributed by atoms with E-state index >= 15 is 0 Å². The molecule has 1 atom stereocenters. The third kappa shape index (κ3) is 3.80. The van der Waals surface area contributed by atoms with Crippen molar-refractivity contribution in [3.8, 4) is 0 Å². The normalized spacial score (nSPS) is 19.9. The maximum absolute atomic E-state index is 11.5. The first-order chi connectivity index (χ1) is 7.15. The maximum atomic E-state index is 11.5. The van der Waals surface area contributed by atoms with Crippen LogP contribution in [0.3, 0.4) is 0 Å². The average molecular weight is 214 g/mol. The van der Waals surface area contributed by atoms with Crippen molar-refractivity contribution in [2.75, 3.05) is 20.1 Å². The Morgan fingerprint density at radius 1 is 1.47 bits per heavy atom. The molecule has 0 aliphatic heterocycles. The van der Waals surface area contributed by atoms with Crippen LogP contribution in [0.5, 0.6) is 0 Å². The van der Waals surface area contributed by atoms with E-state index in [9.17, 15) is 9.90 Å². The van der Waals surface area contributed by atoms with Crippen LogP contribution >= 0.6 is 0 Å². The van der Waals surface area contributed by atoms with Crippen molar-refractivity contribution in [2.45, 2.75) is 38.2 Å². The van der Waals surface area contributed by atoms with Crippen molar-refractivity contribution >= 4 is 5.91 Å². The highest BCUT2D eigenvalue weighted by molar-refractivity contribution is 5.80. The van der Waals surface area contributed by atoms with E-state index in [1.165, 1.54) is 32.1 Å². The number of aliphatic hydroxyl groups is 1. The fourth-order valence-electron chi connectivity index (χ4n) is 2.20. The van der Waals surface area contributed by atoms with E-state index in [0.717, 1.165) is 6.54 Å². The molecule has 0 bridgehead atoms. The van der Waals surface area contributed by atoms with Crippen LogP contribution < -0.4 is 5.73 Å². The predicted molar refractivity (Wildman–Crippen MR) is 59.3 cm³/mol. The van der Waals surface area contributed by atoms with E-state index in [1.807, 2.05) is 0 Å². The highest BCUT2D eigenvalue weighted by Gasteiger charge is 2.21. The molecule has 1 amide bonds. The van der Waals surface area contributed by atoms with Gasteiger partial charge in [0, 0.05) is 20.1 Å². The number of carbonyl (C=O) groups excluding carboxylic acids is 1. The number of carbonyl (C=O) groups is 1. The van der Waals surface area contributed by atoms with Gasteiger partial charge in [0.25, 0.3) is 5.91 Å². The second-order valence-corrected chi connectivity index (χ2v) is 4.47. The summed E-state index contributed by atoms with van der Waals surface area (Å²) in [6, 6.07) is 0. The van der Waals surface area contributed by atoms with Crippen LogP contribution in [0.2, 0.25) is 0 Å². The maximum Gasteiger partial charge on any atom is 0.252 e. The molecule has 0 radical (unpaired) electrons. The molecular weight excluding hydrogens is 192 g/mol. The van der Waals surface area contributed by atoms with Gasteiger partial charge in [-0.15, -0.1) is 0 Å². The first-order valence-corrected chi connectivity index (χ1v) is 5.78. The SMILES string of the molecule is CN(CC1CCCCC1)C(=O)C(O)CN. The zero-order valence-corrected chi connectivity index (χ0v) is 9.48. The molecule has 1 unspecified atom stereocenters. The van der Waals surface area contributed by atoms with Crippen LogP contribution in [0.15, 0.2) is 0 Å². The third-order valence-electron chi connectivity index (χ3n) is 3.14. The Morgan fingerprint density at radius 3 is 2.60 bits per heavy atom. The molecule has 4 nitrogen and oxygen atoms in total. The van der Waals surface area contributed by atoms with Crippen molar-refractivity contribution in [1.29, 1.82) is 0 Å². The zero-order valence-electron chi connectivity index (χ0n) is 9.48. The van der Waals surface area contributed by atoms with Gasteiger partial charge >= 0.3 is 0 Å². The Balaban J connectivity index is 2.33. The Bertz CT molecular complexity index is 203. The van der Waals surface area contributed by atoms with Crippen LogP contribution in [0, 0.1) is 5.92 Å². The van der Waals surface area contributed by atoms with Crippen LogP contribution in [-0.4, -0.2) is 42.2 Å². The molecule has 0 aromatic carbocycles. The minimum absolute atomic E-state index is 0.00778. The monoisotopic (exact) mass is 214 g/mol. The summed E-state index contributed by atoms with van der Waals surface area (Å²) in [6.45, 7) is 0.768. The Hall–Kier alpha value is -0.610. The fourth-order valence-corrected chi connectivity index (χ4v) is 2.20. The van der Waals surface area contributed by atoms with E-state index in [-0.39, 0.29) is 12.5 Å². The standard InChI is InChI=1S/C11H22N2O2/c1-13(11(15)10(14)7-12)8-9-5-3-2-4-6-9/h9-10,14H,2-8,12H2,1H3. The minimum atomic E-state index is -1.03. The van der Waals surface area contributed by atoms with E-state index < -0.39 is 6.10 Å². The molecule has 1 saturated carbocycles. The number of likely N-dealkylation sites (N-methyl/N-ethyl adjacent to an activating group) is 1. The second kappa shape index (κ2) is 6.08. The molecule has 0 spiro atoms. The number of nitrogens with two attached hydrogens (primary N) is 1. The van der Waals surface area contributed by atoms with Crippen molar-refractivity contribution in [2.24, 2.45) is 11.7 Å². The first-order valence-electron chi connectivity index (χ1n) is 5.78. The average Bonchev–Trinajstić information content (AvgIpc) is 2.28. The molecule has 15 heavy (non-hydrogen) atoms. The molecule has 1 aliphatic rings. The Morgan fingerprint density at radius 2 is 2.07 bits per heavy atom. The molecule has 1 rings (SSSR count). The van der Waals surface area contributed by atoms with Gasteiger partial charge in [-0.3, -0.25) is 4.79 Å². The van der Waals surface area contributed by atoms with Gasteiger partial charge in [0.15, 0.2) is 0 Å². The summed E-state index contributed by atoms with van der Waals surface area (Å²) in [5.74, 6) is 0.362. The highest BCUT2D eigenvalue weighted by Crippen LogP contribution is 2.24. The molecule has 4 heteroatoms. The van der Waals surface area contributed by atoms with E-state index in [1.54, 1.807) is 11.9 Å². The molecule has 0 heterocycles. The number of nitrogens with zero attached hydrogens (tertiary/aromatic N) is 1. The summed E-state index contributed by atoms with van der Waals surface area (Å²) in [7, 11) is 1.75. The number of amides is 1. The lowest BCUT2D eigenvalue weighted by molar-refractivity contribution is -0.139. The molecule has 1 aliphatic carbocycles. The number of hydrogen-bond donors (Lipinski definition) is 2. The van der Waals surface area contributed by atoms with Gasteiger partial charge in [-0.1, -0.05) is 19.3 Å². The van der Waals surface area contributed by atoms with E-state index in [4.69, 9.17) is 5.73 Å². The number of rotatable bonds is 4. The van der Waals surface area contributed by atoms with Crippen molar-refractivity contribution < 1.29 is 9.90 Å². The molecular formula is C11H22N2O2. The van der Waals surface area contributed by atoms with Crippen molar-refractivity contribution in [1.82, 2.24) is 4.90 Å². The summed E-state index contributed by atoms with van der Waals surface area (Å²) in [5, 5.41) is 9.31. The molecule has 88 valence electrons. The zero-order chi connectivity index (χ0) is 11.3. The highest BCUT2D eigenvalue weighted by atomic mass is 16.3. The topological polar surface area (TPSA) is 66.6 Å². The summed E-state index contributed by atoms with van der Waals surface area (Å²) >= 11 is 0. The van der Waals surface area contributed by atoms with Gasteiger partial charge in [-0.05, 0) is 18.8 Å². The smallest absolute Gasteiger partial charge is 0.252 e. The number of hydrogen-bond acceptors (Lipinski definition) is 3. The quantitative estimate of drug-likeness (QED) is 0.709. The van der Waals surface area contributed by atoms with Gasteiger partial charge in [-0.2, -0.15) is 0 Å². The largest absolute Gasteiger partial charge is 0.382 e. The van der Waals surface area contributed by atoms with Crippen LogP contribution in [0.25, 0.3) is 0 Å². The summed E-state index contributed by atoms with van der Waals surface area (Å²) in [4.78, 5) is 13.2. The third-order valence-corrected chi connectivity index (χ3v) is 3.14. The van der Waals surface area contributed by atoms with Gasteiger partial charge in [0.05, 0.1) is 0 Å². The molecule has 0 aromatic rings. The van der Waals surface area contributed by atoms with Crippen LogP contribution in [0.4, 0.5) is 0 Å². The lowest BCUT2D eigenvalue weighted by Gasteiger charge is -2.28. The summed E-state index contributed by atoms with van der Waals surface area (Å²) in [6.07, 6.45) is 5.24. The fraction of sp³-hybridized carbons (Fsp3) is 0.909. The van der Waals surface area contributed by atoms with Crippen molar-refractivity contribution in [3.63, 3.8) is 0 Å². The second-order valence-electron chi connectivity index (χ2n) is 4.47. The predicted octanol–water partition coefficient (Wildman–Crippen LogP) is 0.345. The molecule has 0 aromatic heterocycles.